The number of carbonyl (C=O) groups excluding carboxylic acids is 1. The van der Waals surface area contributed by atoms with Gasteiger partial charge in [0.1, 0.15) is 18.2 Å². The fourth-order valence-corrected chi connectivity index (χ4v) is 2.91. The minimum absolute atomic E-state index is 0.00318. The van der Waals surface area contributed by atoms with Crippen LogP contribution in [0.4, 0.5) is 0 Å². The van der Waals surface area contributed by atoms with Crippen molar-refractivity contribution in [2.75, 3.05) is 19.7 Å². The van der Waals surface area contributed by atoms with Crippen LogP contribution in [-0.4, -0.2) is 57.9 Å². The van der Waals surface area contributed by atoms with Gasteiger partial charge in [-0.05, 0) is 6.92 Å². The molecule has 2 fully saturated rings. The highest BCUT2D eigenvalue weighted by molar-refractivity contribution is 5.78. The Labute approximate surface area is 130 Å². The Morgan fingerprint density at radius 1 is 1.36 bits per heavy atom. The minimum Gasteiger partial charge on any atom is -0.461 e. The summed E-state index contributed by atoms with van der Waals surface area (Å²) in [5.74, 6) is 1.38. The molecule has 0 bridgehead atoms. The number of carbonyl (C=O) groups is 1. The van der Waals surface area contributed by atoms with Crippen molar-refractivity contribution in [3.63, 3.8) is 0 Å². The number of esters is 1. The molecule has 2 aliphatic rings. The molecular formula is C15H24N4O3. The van der Waals surface area contributed by atoms with Crippen LogP contribution in [0.1, 0.15) is 51.9 Å². The van der Waals surface area contributed by atoms with Gasteiger partial charge in [-0.3, -0.25) is 14.8 Å². The number of H-pyrrole nitrogens is 1. The number of aromatic nitrogens is 3. The second-order valence-electron chi connectivity index (χ2n) is 7.15. The Balaban J connectivity index is 1.71. The maximum absolute atomic E-state index is 11.9. The van der Waals surface area contributed by atoms with E-state index in [0.29, 0.717) is 13.2 Å². The molecule has 22 heavy (non-hydrogen) atoms. The first-order valence-corrected chi connectivity index (χ1v) is 7.83. The molecule has 1 N–H and O–H groups in total. The Morgan fingerprint density at radius 2 is 2.14 bits per heavy atom. The molecule has 7 heteroatoms. The van der Waals surface area contributed by atoms with Crippen molar-refractivity contribution in [1.29, 1.82) is 0 Å². The number of rotatable bonds is 2. The van der Waals surface area contributed by atoms with E-state index in [-0.39, 0.29) is 29.6 Å². The normalized spacial score (nSPS) is 30.5. The van der Waals surface area contributed by atoms with Gasteiger partial charge < -0.3 is 9.47 Å². The lowest BCUT2D eigenvalue weighted by Crippen LogP contribution is -2.46. The van der Waals surface area contributed by atoms with Crippen LogP contribution in [0.25, 0.3) is 0 Å². The summed E-state index contributed by atoms with van der Waals surface area (Å²) in [6, 6.07) is -0.161. The van der Waals surface area contributed by atoms with Gasteiger partial charge in [0.25, 0.3) is 0 Å². The molecule has 2 saturated heterocycles. The second kappa shape index (κ2) is 5.62. The molecule has 7 nitrogen and oxygen atoms in total. The van der Waals surface area contributed by atoms with Crippen molar-refractivity contribution in [1.82, 2.24) is 20.1 Å². The van der Waals surface area contributed by atoms with Gasteiger partial charge in [-0.2, -0.15) is 5.10 Å². The van der Waals surface area contributed by atoms with Gasteiger partial charge >= 0.3 is 5.97 Å². The van der Waals surface area contributed by atoms with Crippen LogP contribution in [0.15, 0.2) is 0 Å². The first-order chi connectivity index (χ1) is 10.3. The summed E-state index contributed by atoms with van der Waals surface area (Å²) in [5.41, 5.74) is -0.103. The average Bonchev–Trinajstić information content (AvgIpc) is 3.05. The lowest BCUT2D eigenvalue weighted by atomic mass is 9.96. The first kappa shape index (κ1) is 15.4. The molecule has 0 amide bonds. The van der Waals surface area contributed by atoms with Crippen LogP contribution in [0, 0.1) is 0 Å². The van der Waals surface area contributed by atoms with Crippen molar-refractivity contribution < 1.29 is 14.3 Å². The van der Waals surface area contributed by atoms with E-state index in [0.717, 1.165) is 24.6 Å². The smallest absolute Gasteiger partial charge is 0.323 e. The molecule has 0 aromatic carbocycles. The molecular weight excluding hydrogens is 284 g/mol. The third kappa shape index (κ3) is 3.01. The zero-order valence-corrected chi connectivity index (χ0v) is 13.6. The van der Waals surface area contributed by atoms with Crippen LogP contribution in [0.3, 0.4) is 0 Å². The highest BCUT2D eigenvalue weighted by Crippen LogP contribution is 2.27. The summed E-state index contributed by atoms with van der Waals surface area (Å²) in [7, 11) is 0. The number of cyclic esters (lactones) is 1. The standard InChI is InChI=1S/C15H24N4O3/c1-9-7-10(13(20)22-9)19-5-6-21-11(8-19)12-16-14(18-17-12)15(2,3)4/h9-11H,5-8H2,1-4H3,(H,16,17,18)/t9-,10+,11+/m1/s1. The van der Waals surface area contributed by atoms with Crippen LogP contribution < -0.4 is 0 Å². The predicted octanol–water partition coefficient (Wildman–Crippen LogP) is 1.18. The van der Waals surface area contributed by atoms with E-state index in [1.807, 2.05) is 6.92 Å². The largest absolute Gasteiger partial charge is 0.461 e. The summed E-state index contributed by atoms with van der Waals surface area (Å²) >= 11 is 0. The van der Waals surface area contributed by atoms with E-state index < -0.39 is 0 Å². The molecule has 122 valence electrons. The van der Waals surface area contributed by atoms with Gasteiger partial charge in [0, 0.05) is 24.9 Å². The Bertz CT molecular complexity index is 551. The summed E-state index contributed by atoms with van der Waals surface area (Å²) in [5, 5.41) is 7.27. The van der Waals surface area contributed by atoms with Gasteiger partial charge in [-0.1, -0.05) is 20.8 Å². The van der Waals surface area contributed by atoms with Crippen LogP contribution in [0.5, 0.6) is 0 Å². The molecule has 0 spiro atoms. The number of hydrogen-bond donors (Lipinski definition) is 1. The van der Waals surface area contributed by atoms with Crippen LogP contribution >= 0.6 is 0 Å². The molecule has 2 aliphatic heterocycles. The fourth-order valence-electron chi connectivity index (χ4n) is 2.91. The Hall–Kier alpha value is -1.47. The number of ether oxygens (including phenoxy) is 2. The molecule has 1 aromatic rings. The zero-order valence-electron chi connectivity index (χ0n) is 13.6. The van der Waals surface area contributed by atoms with E-state index >= 15 is 0 Å². The van der Waals surface area contributed by atoms with E-state index in [9.17, 15) is 4.79 Å². The van der Waals surface area contributed by atoms with Crippen LogP contribution in [0.2, 0.25) is 0 Å². The molecule has 1 aromatic heterocycles. The molecule has 3 rings (SSSR count). The van der Waals surface area contributed by atoms with Crippen molar-refractivity contribution >= 4 is 5.97 Å². The zero-order chi connectivity index (χ0) is 15.9. The third-order valence-corrected chi connectivity index (χ3v) is 4.16. The number of hydrogen-bond acceptors (Lipinski definition) is 6. The van der Waals surface area contributed by atoms with Crippen LogP contribution in [-0.2, 0) is 19.7 Å². The summed E-state index contributed by atoms with van der Waals surface area (Å²) < 4.78 is 11.1. The van der Waals surface area contributed by atoms with Gasteiger partial charge in [-0.25, -0.2) is 4.98 Å². The monoisotopic (exact) mass is 308 g/mol. The molecule has 3 heterocycles. The fraction of sp³-hybridized carbons (Fsp3) is 0.800. The first-order valence-electron chi connectivity index (χ1n) is 7.83. The topological polar surface area (TPSA) is 80.3 Å². The molecule has 0 unspecified atom stereocenters. The summed E-state index contributed by atoms with van der Waals surface area (Å²) in [6.45, 7) is 10.1. The van der Waals surface area contributed by atoms with E-state index in [1.165, 1.54) is 0 Å². The highest BCUT2D eigenvalue weighted by Gasteiger charge is 2.39. The minimum atomic E-state index is -0.180. The Kier molecular flexibility index (Phi) is 3.94. The van der Waals surface area contributed by atoms with Crippen molar-refractivity contribution in [2.24, 2.45) is 0 Å². The van der Waals surface area contributed by atoms with E-state index in [1.54, 1.807) is 0 Å². The van der Waals surface area contributed by atoms with Crippen molar-refractivity contribution in [2.45, 2.75) is 57.8 Å². The highest BCUT2D eigenvalue weighted by atomic mass is 16.6. The van der Waals surface area contributed by atoms with Gasteiger partial charge in [-0.15, -0.1) is 0 Å². The van der Waals surface area contributed by atoms with E-state index in [2.05, 4.69) is 40.9 Å². The quantitative estimate of drug-likeness (QED) is 0.826. The molecule has 3 atom stereocenters. The number of nitrogens with zero attached hydrogens (tertiary/aromatic N) is 3. The van der Waals surface area contributed by atoms with Crippen molar-refractivity contribution in [3.8, 4) is 0 Å². The number of aromatic amines is 1. The summed E-state index contributed by atoms with van der Waals surface area (Å²) in [6.07, 6.45) is 0.562. The SMILES string of the molecule is C[C@@H]1C[C@H](N2CCO[C@H](c3nc(C(C)(C)C)n[nH]3)C2)C(=O)O1. The molecule has 0 saturated carbocycles. The second-order valence-corrected chi connectivity index (χ2v) is 7.15. The maximum Gasteiger partial charge on any atom is 0.323 e. The van der Waals surface area contributed by atoms with Gasteiger partial charge in [0.05, 0.1) is 6.61 Å². The number of nitrogens with one attached hydrogen (secondary N) is 1. The number of morpholine rings is 1. The predicted molar refractivity (Wildman–Crippen MR) is 79.3 cm³/mol. The average molecular weight is 308 g/mol. The maximum atomic E-state index is 11.9. The van der Waals surface area contributed by atoms with Crippen molar-refractivity contribution in [3.05, 3.63) is 11.6 Å². The van der Waals surface area contributed by atoms with Gasteiger partial charge in [0.15, 0.2) is 11.6 Å². The Morgan fingerprint density at radius 3 is 2.73 bits per heavy atom. The molecule has 0 radical (unpaired) electrons. The lowest BCUT2D eigenvalue weighted by Gasteiger charge is -2.34. The molecule has 0 aliphatic carbocycles. The third-order valence-electron chi connectivity index (χ3n) is 4.16. The summed E-state index contributed by atoms with van der Waals surface area (Å²) in [4.78, 5) is 18.6. The lowest BCUT2D eigenvalue weighted by molar-refractivity contribution is -0.147. The van der Waals surface area contributed by atoms with Gasteiger partial charge in [0.2, 0.25) is 0 Å². The van der Waals surface area contributed by atoms with E-state index in [4.69, 9.17) is 9.47 Å².